The van der Waals surface area contributed by atoms with E-state index in [-0.39, 0.29) is 6.10 Å². The summed E-state index contributed by atoms with van der Waals surface area (Å²) in [5.41, 5.74) is 1.95. The molecule has 4 unspecified atom stereocenters. The first-order chi connectivity index (χ1) is 7.43. The lowest BCUT2D eigenvalue weighted by Crippen LogP contribution is -2.35. The molecule has 92 valence electrons. The molecule has 2 aliphatic rings. The van der Waals surface area contributed by atoms with Crippen LogP contribution in [0.1, 0.15) is 53.4 Å². The Bertz CT molecular complexity index is 290. The van der Waals surface area contributed by atoms with E-state index in [1.165, 1.54) is 19.3 Å². The molecule has 2 aliphatic carbocycles. The molecular formula is C15H26O. The van der Waals surface area contributed by atoms with Crippen molar-refractivity contribution in [1.82, 2.24) is 0 Å². The van der Waals surface area contributed by atoms with Crippen molar-refractivity contribution in [2.24, 2.45) is 23.2 Å². The lowest BCUT2D eigenvalue weighted by molar-refractivity contribution is 0.0277. The third-order valence-electron chi connectivity index (χ3n) is 5.35. The Labute approximate surface area is 99.9 Å². The van der Waals surface area contributed by atoms with E-state index < -0.39 is 0 Å². The van der Waals surface area contributed by atoms with E-state index >= 15 is 0 Å². The lowest BCUT2D eigenvalue weighted by atomic mass is 9.65. The summed E-state index contributed by atoms with van der Waals surface area (Å²) < 4.78 is 0. The van der Waals surface area contributed by atoms with Gasteiger partial charge in [-0.1, -0.05) is 32.4 Å². The Hall–Kier alpha value is -0.300. The SMILES string of the molecule is CC1=CCC(C2CCC(O)C(C)C2)C1(C)C. The van der Waals surface area contributed by atoms with Crippen LogP contribution in [0.4, 0.5) is 0 Å². The van der Waals surface area contributed by atoms with Gasteiger partial charge in [0, 0.05) is 0 Å². The molecule has 1 saturated carbocycles. The smallest absolute Gasteiger partial charge is 0.0566 e. The van der Waals surface area contributed by atoms with Crippen molar-refractivity contribution in [2.45, 2.75) is 59.5 Å². The largest absolute Gasteiger partial charge is 0.393 e. The molecule has 0 heterocycles. The van der Waals surface area contributed by atoms with Gasteiger partial charge in [0.15, 0.2) is 0 Å². The van der Waals surface area contributed by atoms with Gasteiger partial charge in [0.25, 0.3) is 0 Å². The van der Waals surface area contributed by atoms with Gasteiger partial charge < -0.3 is 5.11 Å². The summed E-state index contributed by atoms with van der Waals surface area (Å²) >= 11 is 0. The molecule has 0 amide bonds. The van der Waals surface area contributed by atoms with Gasteiger partial charge in [-0.15, -0.1) is 0 Å². The zero-order valence-electron chi connectivity index (χ0n) is 11.2. The van der Waals surface area contributed by atoms with Gasteiger partial charge in [-0.25, -0.2) is 0 Å². The number of hydrogen-bond acceptors (Lipinski definition) is 1. The van der Waals surface area contributed by atoms with Crippen molar-refractivity contribution in [3.8, 4) is 0 Å². The Morgan fingerprint density at radius 1 is 1.31 bits per heavy atom. The van der Waals surface area contributed by atoms with Crippen LogP contribution in [0.2, 0.25) is 0 Å². The molecule has 0 aliphatic heterocycles. The standard InChI is InChI=1S/C15H26O/c1-10-9-12(6-8-14(10)16)13-7-5-11(2)15(13,3)4/h5,10,12-14,16H,6-9H2,1-4H3. The molecule has 16 heavy (non-hydrogen) atoms. The number of aliphatic hydroxyl groups excluding tert-OH is 1. The average Bonchev–Trinajstić information content (AvgIpc) is 2.47. The predicted octanol–water partition coefficient (Wildman–Crippen LogP) is 3.78. The fraction of sp³-hybridized carbons (Fsp3) is 0.867. The second-order valence-electron chi connectivity index (χ2n) is 6.57. The van der Waals surface area contributed by atoms with Crippen molar-refractivity contribution in [3.63, 3.8) is 0 Å². The molecule has 0 aromatic rings. The Kier molecular flexibility index (Phi) is 3.18. The first kappa shape index (κ1) is 12.2. The molecule has 0 aromatic carbocycles. The number of rotatable bonds is 1. The Morgan fingerprint density at radius 2 is 2.00 bits per heavy atom. The third kappa shape index (κ3) is 1.95. The van der Waals surface area contributed by atoms with Crippen LogP contribution in [0, 0.1) is 23.2 Å². The zero-order chi connectivity index (χ0) is 11.9. The van der Waals surface area contributed by atoms with Crippen molar-refractivity contribution >= 4 is 0 Å². The van der Waals surface area contributed by atoms with E-state index in [4.69, 9.17) is 0 Å². The summed E-state index contributed by atoms with van der Waals surface area (Å²) in [6.45, 7) is 9.28. The van der Waals surface area contributed by atoms with Crippen molar-refractivity contribution in [2.75, 3.05) is 0 Å². The summed E-state index contributed by atoms with van der Waals surface area (Å²) in [7, 11) is 0. The van der Waals surface area contributed by atoms with Crippen molar-refractivity contribution in [1.29, 1.82) is 0 Å². The molecule has 4 atom stereocenters. The van der Waals surface area contributed by atoms with Gasteiger partial charge in [-0.2, -0.15) is 0 Å². The second kappa shape index (κ2) is 4.18. The van der Waals surface area contributed by atoms with Crippen LogP contribution in [-0.4, -0.2) is 11.2 Å². The van der Waals surface area contributed by atoms with Crippen LogP contribution in [0.25, 0.3) is 0 Å². The third-order valence-corrected chi connectivity index (χ3v) is 5.35. The van der Waals surface area contributed by atoms with E-state index in [1.807, 2.05) is 0 Å². The van der Waals surface area contributed by atoms with Crippen LogP contribution in [0.15, 0.2) is 11.6 Å². The van der Waals surface area contributed by atoms with E-state index in [2.05, 4.69) is 33.8 Å². The van der Waals surface area contributed by atoms with Gasteiger partial charge in [-0.05, 0) is 55.8 Å². The minimum absolute atomic E-state index is 0.0465. The zero-order valence-corrected chi connectivity index (χ0v) is 11.2. The fourth-order valence-corrected chi connectivity index (χ4v) is 3.72. The molecule has 0 radical (unpaired) electrons. The minimum Gasteiger partial charge on any atom is -0.393 e. The van der Waals surface area contributed by atoms with E-state index in [9.17, 15) is 5.11 Å². The van der Waals surface area contributed by atoms with Crippen molar-refractivity contribution < 1.29 is 5.11 Å². The normalized spacial score (nSPS) is 43.2. The maximum absolute atomic E-state index is 9.81. The number of allylic oxidation sites excluding steroid dienone is 2. The quantitative estimate of drug-likeness (QED) is 0.669. The molecule has 0 saturated heterocycles. The van der Waals surface area contributed by atoms with Crippen LogP contribution in [-0.2, 0) is 0 Å². The van der Waals surface area contributed by atoms with Crippen LogP contribution < -0.4 is 0 Å². The van der Waals surface area contributed by atoms with E-state index in [0.29, 0.717) is 11.3 Å². The minimum atomic E-state index is -0.0465. The van der Waals surface area contributed by atoms with Gasteiger partial charge in [0.05, 0.1) is 6.10 Å². The molecule has 0 spiro atoms. The van der Waals surface area contributed by atoms with Gasteiger partial charge >= 0.3 is 0 Å². The molecule has 0 aromatic heterocycles. The summed E-state index contributed by atoms with van der Waals surface area (Å²) in [4.78, 5) is 0. The number of hydrogen-bond donors (Lipinski definition) is 1. The van der Waals surface area contributed by atoms with Crippen LogP contribution in [0.5, 0.6) is 0 Å². The maximum Gasteiger partial charge on any atom is 0.0566 e. The predicted molar refractivity (Wildman–Crippen MR) is 68.2 cm³/mol. The molecule has 1 nitrogen and oxygen atoms in total. The van der Waals surface area contributed by atoms with Gasteiger partial charge in [0.1, 0.15) is 0 Å². The molecule has 2 rings (SSSR count). The molecule has 1 N–H and O–H groups in total. The second-order valence-corrected chi connectivity index (χ2v) is 6.57. The molecule has 0 bridgehead atoms. The average molecular weight is 222 g/mol. The Balaban J connectivity index is 2.05. The monoisotopic (exact) mass is 222 g/mol. The summed E-state index contributed by atoms with van der Waals surface area (Å²) in [5, 5.41) is 9.81. The van der Waals surface area contributed by atoms with Crippen molar-refractivity contribution in [3.05, 3.63) is 11.6 Å². The molecular weight excluding hydrogens is 196 g/mol. The molecule has 1 fully saturated rings. The highest BCUT2D eigenvalue weighted by Gasteiger charge is 2.41. The fourth-order valence-electron chi connectivity index (χ4n) is 3.72. The first-order valence-corrected chi connectivity index (χ1v) is 6.78. The summed E-state index contributed by atoms with van der Waals surface area (Å²) in [6.07, 6.45) is 7.09. The Morgan fingerprint density at radius 3 is 2.50 bits per heavy atom. The highest BCUT2D eigenvalue weighted by Crippen LogP contribution is 2.50. The summed E-state index contributed by atoms with van der Waals surface area (Å²) in [5.74, 6) is 2.13. The lowest BCUT2D eigenvalue weighted by Gasteiger charge is -2.41. The van der Waals surface area contributed by atoms with Gasteiger partial charge in [-0.3, -0.25) is 0 Å². The van der Waals surface area contributed by atoms with Gasteiger partial charge in [0.2, 0.25) is 0 Å². The maximum atomic E-state index is 9.81. The number of aliphatic hydroxyl groups is 1. The van der Waals surface area contributed by atoms with Crippen LogP contribution in [0.3, 0.4) is 0 Å². The first-order valence-electron chi connectivity index (χ1n) is 6.78. The molecule has 1 heteroatoms. The van der Waals surface area contributed by atoms with Crippen LogP contribution >= 0.6 is 0 Å². The highest BCUT2D eigenvalue weighted by atomic mass is 16.3. The van der Waals surface area contributed by atoms with E-state index in [0.717, 1.165) is 18.3 Å². The highest BCUT2D eigenvalue weighted by molar-refractivity contribution is 5.19. The topological polar surface area (TPSA) is 20.2 Å². The summed E-state index contributed by atoms with van der Waals surface area (Å²) in [6, 6.07) is 0. The van der Waals surface area contributed by atoms with E-state index in [1.54, 1.807) is 5.57 Å².